The third-order valence-corrected chi connectivity index (χ3v) is 5.13. The number of rotatable bonds is 3. The van der Waals surface area contributed by atoms with Crippen LogP contribution in [0.3, 0.4) is 0 Å². The molecule has 3 aromatic rings. The molecule has 1 amide bonds. The van der Waals surface area contributed by atoms with E-state index < -0.39 is 0 Å². The summed E-state index contributed by atoms with van der Waals surface area (Å²) in [5, 5.41) is 13.3. The van der Waals surface area contributed by atoms with Crippen molar-refractivity contribution < 1.29 is 14.6 Å². The van der Waals surface area contributed by atoms with Gasteiger partial charge in [-0.2, -0.15) is 0 Å². The van der Waals surface area contributed by atoms with Gasteiger partial charge in [-0.05, 0) is 47.9 Å². The highest BCUT2D eigenvalue weighted by Gasteiger charge is 2.24. The number of fused-ring (bicyclic) bond motifs is 1. The Bertz CT molecular complexity index is 1060. The maximum Gasteiger partial charge on any atom is 0.254 e. The number of aromatic hydroxyl groups is 1. The van der Waals surface area contributed by atoms with E-state index in [2.05, 4.69) is 10.3 Å². The van der Waals surface area contributed by atoms with Crippen molar-refractivity contribution in [2.75, 3.05) is 25.1 Å². The molecular weight excluding hydrogens is 366 g/mol. The van der Waals surface area contributed by atoms with Crippen LogP contribution in [0.4, 0.5) is 5.82 Å². The molecule has 2 heterocycles. The molecule has 6 heteroatoms. The van der Waals surface area contributed by atoms with Crippen LogP contribution >= 0.6 is 0 Å². The van der Waals surface area contributed by atoms with E-state index in [0.29, 0.717) is 36.8 Å². The van der Waals surface area contributed by atoms with Gasteiger partial charge >= 0.3 is 0 Å². The van der Waals surface area contributed by atoms with E-state index in [4.69, 9.17) is 4.74 Å². The molecule has 1 aromatic heterocycles. The van der Waals surface area contributed by atoms with Crippen molar-refractivity contribution in [1.82, 2.24) is 10.3 Å². The van der Waals surface area contributed by atoms with Crippen LogP contribution < -0.4 is 15.0 Å². The summed E-state index contributed by atoms with van der Waals surface area (Å²) < 4.78 is 5.86. The topological polar surface area (TPSA) is 74.7 Å². The van der Waals surface area contributed by atoms with Crippen LogP contribution in [-0.4, -0.2) is 36.2 Å². The van der Waals surface area contributed by atoms with E-state index >= 15 is 0 Å². The first-order chi connectivity index (χ1) is 14.1. The number of benzene rings is 2. The normalized spacial score (nSPS) is 13.2. The van der Waals surface area contributed by atoms with E-state index in [1.807, 2.05) is 42.2 Å². The lowest BCUT2D eigenvalue weighted by atomic mass is 9.97. The smallest absolute Gasteiger partial charge is 0.254 e. The molecule has 1 aliphatic rings. The molecule has 2 N–H and O–H groups in total. The minimum atomic E-state index is -0.185. The predicted molar refractivity (Wildman–Crippen MR) is 112 cm³/mol. The molecule has 6 nitrogen and oxygen atoms in total. The van der Waals surface area contributed by atoms with E-state index in [1.54, 1.807) is 31.4 Å². The van der Waals surface area contributed by atoms with E-state index in [9.17, 15) is 9.90 Å². The molecule has 29 heavy (non-hydrogen) atoms. The van der Waals surface area contributed by atoms with Crippen LogP contribution in [0.2, 0.25) is 0 Å². The van der Waals surface area contributed by atoms with Crippen LogP contribution in [0.15, 0.2) is 54.7 Å². The molecule has 0 spiro atoms. The Morgan fingerprint density at radius 1 is 1.21 bits per heavy atom. The van der Waals surface area contributed by atoms with Crippen molar-refractivity contribution in [3.05, 3.63) is 71.4 Å². The van der Waals surface area contributed by atoms with Gasteiger partial charge in [-0.25, -0.2) is 4.98 Å². The van der Waals surface area contributed by atoms with E-state index in [-0.39, 0.29) is 11.7 Å². The fourth-order valence-corrected chi connectivity index (χ4v) is 3.69. The van der Waals surface area contributed by atoms with Crippen LogP contribution in [-0.2, 0) is 6.54 Å². The van der Waals surface area contributed by atoms with Crippen molar-refractivity contribution >= 4 is 11.7 Å². The summed E-state index contributed by atoms with van der Waals surface area (Å²) >= 11 is 0. The molecule has 0 saturated carbocycles. The largest absolute Gasteiger partial charge is 0.504 e. The highest BCUT2D eigenvalue weighted by atomic mass is 16.5. The van der Waals surface area contributed by atoms with Crippen molar-refractivity contribution in [3.8, 4) is 22.6 Å². The number of carbonyl (C=O) groups excluding carboxylic acids is 1. The Hall–Kier alpha value is -3.54. The van der Waals surface area contributed by atoms with Crippen LogP contribution in [0.25, 0.3) is 11.1 Å². The van der Waals surface area contributed by atoms with Gasteiger partial charge in [0.15, 0.2) is 11.5 Å². The number of phenols is 1. The van der Waals surface area contributed by atoms with Crippen molar-refractivity contribution in [1.29, 1.82) is 0 Å². The number of aromatic nitrogens is 1. The summed E-state index contributed by atoms with van der Waals surface area (Å²) in [4.78, 5) is 18.8. The fourth-order valence-electron chi connectivity index (χ4n) is 3.69. The maximum absolute atomic E-state index is 12.3. The molecule has 4 rings (SSSR count). The Morgan fingerprint density at radius 3 is 2.83 bits per heavy atom. The molecule has 1 aliphatic heterocycles. The molecule has 0 bridgehead atoms. The summed E-state index contributed by atoms with van der Waals surface area (Å²) in [5.41, 5.74) is 4.49. The SMILES string of the molecule is CNC(=O)c1cccnc1N1CCOc2c(O)cc(-c3ccccc3C)cc2C1. The van der Waals surface area contributed by atoms with Crippen molar-refractivity contribution in [3.63, 3.8) is 0 Å². The lowest BCUT2D eigenvalue weighted by Gasteiger charge is -2.23. The van der Waals surface area contributed by atoms with Crippen LogP contribution in [0, 0.1) is 6.92 Å². The second-order valence-electron chi connectivity index (χ2n) is 7.02. The lowest BCUT2D eigenvalue weighted by molar-refractivity contribution is 0.0963. The number of ether oxygens (including phenoxy) is 1. The zero-order chi connectivity index (χ0) is 20.4. The fraction of sp³-hybridized carbons (Fsp3) is 0.217. The van der Waals surface area contributed by atoms with Crippen LogP contribution in [0.1, 0.15) is 21.5 Å². The number of anilines is 1. The number of pyridine rings is 1. The van der Waals surface area contributed by atoms with E-state index in [0.717, 1.165) is 22.3 Å². The number of nitrogens with zero attached hydrogens (tertiary/aromatic N) is 2. The minimum Gasteiger partial charge on any atom is -0.504 e. The number of carbonyl (C=O) groups is 1. The summed E-state index contributed by atoms with van der Waals surface area (Å²) in [6.07, 6.45) is 1.68. The minimum absolute atomic E-state index is 0.121. The second kappa shape index (κ2) is 7.83. The van der Waals surface area contributed by atoms with E-state index in [1.165, 1.54) is 0 Å². The average molecular weight is 389 g/mol. The third-order valence-electron chi connectivity index (χ3n) is 5.13. The third kappa shape index (κ3) is 3.61. The molecule has 0 aliphatic carbocycles. The first-order valence-corrected chi connectivity index (χ1v) is 9.55. The van der Waals surface area contributed by atoms with Gasteiger partial charge in [0, 0.05) is 25.4 Å². The monoisotopic (exact) mass is 389 g/mol. The number of nitrogens with one attached hydrogen (secondary N) is 1. The number of hydrogen-bond acceptors (Lipinski definition) is 5. The molecule has 0 fully saturated rings. The summed E-state index contributed by atoms with van der Waals surface area (Å²) in [7, 11) is 1.60. The first kappa shape index (κ1) is 18.8. The Kier molecular flexibility index (Phi) is 5.08. The maximum atomic E-state index is 12.3. The predicted octanol–water partition coefficient (Wildman–Crippen LogP) is 3.52. The van der Waals surface area contributed by atoms with Gasteiger partial charge in [-0.1, -0.05) is 24.3 Å². The molecule has 148 valence electrons. The Morgan fingerprint density at radius 2 is 2.03 bits per heavy atom. The quantitative estimate of drug-likeness (QED) is 0.717. The van der Waals surface area contributed by atoms with Gasteiger partial charge in [0.25, 0.3) is 5.91 Å². The number of phenolic OH excluding ortho intramolecular Hbond substituents is 1. The Labute approximate surface area is 169 Å². The van der Waals surface area contributed by atoms with Crippen molar-refractivity contribution in [2.45, 2.75) is 13.5 Å². The molecule has 0 unspecified atom stereocenters. The van der Waals surface area contributed by atoms with Gasteiger partial charge in [0.2, 0.25) is 0 Å². The molecule has 2 aromatic carbocycles. The molecule has 0 atom stereocenters. The van der Waals surface area contributed by atoms with Gasteiger partial charge < -0.3 is 20.1 Å². The van der Waals surface area contributed by atoms with Gasteiger partial charge in [0.1, 0.15) is 12.4 Å². The summed E-state index contributed by atoms with van der Waals surface area (Å²) in [6, 6.07) is 15.4. The van der Waals surface area contributed by atoms with Crippen LogP contribution in [0.5, 0.6) is 11.5 Å². The average Bonchev–Trinajstić information content (AvgIpc) is 2.96. The number of aryl methyl sites for hydroxylation is 1. The van der Waals surface area contributed by atoms with Gasteiger partial charge in [0.05, 0.1) is 12.1 Å². The molecule has 0 radical (unpaired) electrons. The lowest BCUT2D eigenvalue weighted by Crippen LogP contribution is -2.30. The first-order valence-electron chi connectivity index (χ1n) is 9.55. The van der Waals surface area contributed by atoms with Gasteiger partial charge in [-0.3, -0.25) is 4.79 Å². The highest BCUT2D eigenvalue weighted by Crippen LogP contribution is 2.39. The summed E-state index contributed by atoms with van der Waals surface area (Å²) in [6.45, 7) is 3.46. The van der Waals surface area contributed by atoms with Gasteiger partial charge in [-0.15, -0.1) is 0 Å². The van der Waals surface area contributed by atoms with Crippen molar-refractivity contribution in [2.24, 2.45) is 0 Å². The second-order valence-corrected chi connectivity index (χ2v) is 7.02. The molecular formula is C23H23N3O3. The Balaban J connectivity index is 1.76. The highest BCUT2D eigenvalue weighted by molar-refractivity contribution is 5.98. The zero-order valence-corrected chi connectivity index (χ0v) is 16.5. The number of hydrogen-bond donors (Lipinski definition) is 2. The standard InChI is InChI=1S/C23H23N3O3/c1-15-6-3-4-7-18(15)16-12-17-14-26(10-11-29-21(17)20(27)13-16)22-19(23(28)24-2)8-5-9-25-22/h3-9,12-13,27H,10-11,14H2,1-2H3,(H,24,28). The summed E-state index contributed by atoms with van der Waals surface area (Å²) in [5.74, 6) is 1.02. The molecule has 0 saturated heterocycles. The number of amides is 1. The zero-order valence-electron chi connectivity index (χ0n) is 16.5.